The Morgan fingerprint density at radius 2 is 1.90 bits per heavy atom. The molecule has 1 N–H and O–H groups in total. The van der Waals surface area contributed by atoms with Crippen LogP contribution in [0.5, 0.6) is 0 Å². The molecule has 0 amide bonds. The zero-order valence-electron chi connectivity index (χ0n) is 14.5. The van der Waals surface area contributed by atoms with Crippen molar-refractivity contribution in [2.45, 2.75) is 10.6 Å². The standard InChI is InChI=1S/C19H12Cl2F2N2O3S/c20-18-11(10-29(27,28)17-8-12(22)4-5-15(17)23)2-1-3-14(18)16(26)9-13-6-7-24-19(21)25-13/h1-9,26H,10H2/b16-9+. The highest BCUT2D eigenvalue weighted by Gasteiger charge is 2.23. The molecule has 0 atom stereocenters. The Kier molecular flexibility index (Phi) is 6.16. The van der Waals surface area contributed by atoms with E-state index in [0.717, 1.165) is 12.1 Å². The van der Waals surface area contributed by atoms with Crippen LogP contribution in [0.4, 0.5) is 8.78 Å². The molecule has 3 aromatic rings. The van der Waals surface area contributed by atoms with Crippen LogP contribution in [0.25, 0.3) is 11.8 Å². The lowest BCUT2D eigenvalue weighted by Gasteiger charge is -2.11. The summed E-state index contributed by atoms with van der Waals surface area (Å²) in [5.41, 5.74) is 0.542. The minimum atomic E-state index is -4.23. The maximum atomic E-state index is 13.9. The van der Waals surface area contributed by atoms with Crippen LogP contribution in [0, 0.1) is 11.6 Å². The van der Waals surface area contributed by atoms with E-state index in [0.29, 0.717) is 11.8 Å². The van der Waals surface area contributed by atoms with Gasteiger partial charge in [0.2, 0.25) is 5.28 Å². The van der Waals surface area contributed by atoms with Crippen molar-refractivity contribution in [2.75, 3.05) is 0 Å². The van der Waals surface area contributed by atoms with E-state index in [1.165, 1.54) is 36.5 Å². The number of aliphatic hydroxyl groups excluding tert-OH is 1. The highest BCUT2D eigenvalue weighted by molar-refractivity contribution is 7.90. The first kappa shape index (κ1) is 21.2. The number of nitrogens with zero attached hydrogens (tertiary/aromatic N) is 2. The van der Waals surface area contributed by atoms with Gasteiger partial charge in [-0.1, -0.05) is 23.7 Å². The predicted molar refractivity (Wildman–Crippen MR) is 106 cm³/mol. The molecule has 0 unspecified atom stereocenters. The molecule has 0 saturated carbocycles. The van der Waals surface area contributed by atoms with Gasteiger partial charge in [-0.05, 0) is 47.5 Å². The number of benzene rings is 2. The molecule has 1 heterocycles. The molecule has 1 aromatic heterocycles. The monoisotopic (exact) mass is 456 g/mol. The van der Waals surface area contributed by atoms with Gasteiger partial charge in [0, 0.05) is 17.8 Å². The normalized spacial score (nSPS) is 12.2. The number of hydrogen-bond donors (Lipinski definition) is 1. The zero-order chi connectivity index (χ0) is 21.2. The highest BCUT2D eigenvalue weighted by atomic mass is 35.5. The molecule has 0 aliphatic rings. The summed E-state index contributed by atoms with van der Waals surface area (Å²) in [6.07, 6.45) is 2.67. The van der Waals surface area contributed by atoms with Crippen molar-refractivity contribution in [2.24, 2.45) is 0 Å². The number of sulfone groups is 1. The van der Waals surface area contributed by atoms with Gasteiger partial charge in [0.15, 0.2) is 9.84 Å². The van der Waals surface area contributed by atoms with Crippen LogP contribution in [-0.4, -0.2) is 23.5 Å². The van der Waals surface area contributed by atoms with Gasteiger partial charge in [-0.3, -0.25) is 0 Å². The minimum absolute atomic E-state index is 0.0189. The van der Waals surface area contributed by atoms with Crippen molar-refractivity contribution in [1.29, 1.82) is 0 Å². The quantitative estimate of drug-likeness (QED) is 0.427. The molecule has 0 radical (unpaired) electrons. The summed E-state index contributed by atoms with van der Waals surface area (Å²) >= 11 is 12.0. The van der Waals surface area contributed by atoms with Crippen LogP contribution in [0.3, 0.4) is 0 Å². The van der Waals surface area contributed by atoms with E-state index in [4.69, 9.17) is 23.2 Å². The summed E-state index contributed by atoms with van der Waals surface area (Å²) in [6.45, 7) is 0. The first-order chi connectivity index (χ1) is 13.7. The van der Waals surface area contributed by atoms with Crippen molar-refractivity contribution < 1.29 is 22.3 Å². The Hall–Kier alpha value is -2.55. The summed E-state index contributed by atoms with van der Waals surface area (Å²) in [6, 6.07) is 8.03. The molecular formula is C19H12Cl2F2N2O3S. The maximum Gasteiger partial charge on any atom is 0.222 e. The summed E-state index contributed by atoms with van der Waals surface area (Å²) in [7, 11) is -4.23. The SMILES string of the molecule is O=S(=O)(Cc1cccc(/C(O)=C\c2ccnc(Cl)n2)c1Cl)c1cc(F)ccc1F. The molecule has 0 bridgehead atoms. The van der Waals surface area contributed by atoms with Crippen molar-refractivity contribution in [3.05, 3.63) is 87.4 Å². The fourth-order valence-corrected chi connectivity index (χ4v) is 4.52. The van der Waals surface area contributed by atoms with Crippen LogP contribution in [0.1, 0.15) is 16.8 Å². The van der Waals surface area contributed by atoms with Crippen molar-refractivity contribution >= 4 is 44.9 Å². The molecule has 2 aromatic carbocycles. The third kappa shape index (κ3) is 4.90. The Morgan fingerprint density at radius 3 is 2.62 bits per heavy atom. The largest absolute Gasteiger partial charge is 0.507 e. The van der Waals surface area contributed by atoms with Gasteiger partial charge in [-0.2, -0.15) is 0 Å². The maximum absolute atomic E-state index is 13.9. The zero-order valence-corrected chi connectivity index (χ0v) is 16.8. The second-order valence-corrected chi connectivity index (χ2v) is 8.57. The number of hydrogen-bond acceptors (Lipinski definition) is 5. The average Bonchev–Trinajstić information content (AvgIpc) is 2.65. The van der Waals surface area contributed by atoms with Crippen LogP contribution in [0.2, 0.25) is 10.3 Å². The summed E-state index contributed by atoms with van der Waals surface area (Å²) in [5.74, 6) is -2.93. The Labute approximate surface area is 175 Å². The summed E-state index contributed by atoms with van der Waals surface area (Å²) in [5, 5.41) is 10.3. The van der Waals surface area contributed by atoms with Crippen molar-refractivity contribution in [3.63, 3.8) is 0 Å². The first-order valence-electron chi connectivity index (χ1n) is 8.02. The van der Waals surface area contributed by atoms with Gasteiger partial charge in [-0.15, -0.1) is 0 Å². The second-order valence-electron chi connectivity index (χ2n) is 5.89. The minimum Gasteiger partial charge on any atom is -0.507 e. The van der Waals surface area contributed by atoms with E-state index in [1.807, 2.05) is 0 Å². The first-order valence-corrected chi connectivity index (χ1v) is 10.4. The molecule has 0 fully saturated rings. The van der Waals surface area contributed by atoms with Gasteiger partial charge in [0.1, 0.15) is 22.3 Å². The predicted octanol–water partition coefficient (Wildman–Crippen LogP) is 5.09. The lowest BCUT2D eigenvalue weighted by atomic mass is 10.1. The molecule has 150 valence electrons. The van der Waals surface area contributed by atoms with Gasteiger partial charge >= 0.3 is 0 Å². The molecular weight excluding hydrogens is 445 g/mol. The highest BCUT2D eigenvalue weighted by Crippen LogP contribution is 2.30. The van der Waals surface area contributed by atoms with Gasteiger partial charge in [0.25, 0.3) is 0 Å². The lowest BCUT2D eigenvalue weighted by molar-refractivity contribution is 0.515. The molecule has 29 heavy (non-hydrogen) atoms. The fourth-order valence-electron chi connectivity index (χ4n) is 2.53. The van der Waals surface area contributed by atoms with Gasteiger partial charge in [-0.25, -0.2) is 27.2 Å². The smallest absolute Gasteiger partial charge is 0.222 e. The van der Waals surface area contributed by atoms with Gasteiger partial charge in [0.05, 0.1) is 16.5 Å². The number of aromatic nitrogens is 2. The Morgan fingerprint density at radius 1 is 1.14 bits per heavy atom. The summed E-state index contributed by atoms with van der Waals surface area (Å²) < 4.78 is 52.4. The lowest BCUT2D eigenvalue weighted by Crippen LogP contribution is -2.08. The molecule has 0 aliphatic heterocycles. The molecule has 0 spiro atoms. The van der Waals surface area contributed by atoms with E-state index in [1.54, 1.807) is 0 Å². The topological polar surface area (TPSA) is 80.2 Å². The molecule has 10 heteroatoms. The number of aliphatic hydroxyl groups is 1. The summed E-state index contributed by atoms with van der Waals surface area (Å²) in [4.78, 5) is 6.87. The Balaban J connectivity index is 1.98. The second kappa shape index (κ2) is 8.44. The molecule has 0 saturated heterocycles. The van der Waals surface area contributed by atoms with Crippen molar-refractivity contribution in [3.8, 4) is 0 Å². The molecule has 0 aliphatic carbocycles. The van der Waals surface area contributed by atoms with Gasteiger partial charge < -0.3 is 5.11 Å². The van der Waals surface area contributed by atoms with E-state index in [9.17, 15) is 22.3 Å². The van der Waals surface area contributed by atoms with Crippen molar-refractivity contribution in [1.82, 2.24) is 9.97 Å². The van der Waals surface area contributed by atoms with E-state index in [2.05, 4.69) is 9.97 Å². The molecule has 5 nitrogen and oxygen atoms in total. The number of rotatable bonds is 5. The van der Waals surface area contributed by atoms with Crippen LogP contribution < -0.4 is 0 Å². The average molecular weight is 457 g/mol. The third-order valence-electron chi connectivity index (χ3n) is 3.86. The van der Waals surface area contributed by atoms with E-state index < -0.39 is 32.1 Å². The number of halogens is 4. The van der Waals surface area contributed by atoms with E-state index in [-0.39, 0.29) is 27.2 Å². The van der Waals surface area contributed by atoms with Crippen LogP contribution in [0.15, 0.2) is 53.6 Å². The van der Waals surface area contributed by atoms with E-state index >= 15 is 0 Å². The van der Waals surface area contributed by atoms with Crippen LogP contribution >= 0.6 is 23.2 Å². The third-order valence-corrected chi connectivity index (χ3v) is 6.16. The Bertz CT molecular complexity index is 1220. The van der Waals surface area contributed by atoms with Crippen LogP contribution in [-0.2, 0) is 15.6 Å². The molecule has 3 rings (SSSR count). The fraction of sp³-hybridized carbons (Fsp3) is 0.0526.